The summed E-state index contributed by atoms with van der Waals surface area (Å²) in [7, 11) is -1.57. The quantitative estimate of drug-likeness (QED) is 0.774. The minimum atomic E-state index is -3.09. The van der Waals surface area contributed by atoms with E-state index in [-0.39, 0.29) is 17.1 Å². The molecule has 3 heterocycles. The van der Waals surface area contributed by atoms with Crippen molar-refractivity contribution in [2.75, 3.05) is 18.6 Å². The predicted octanol–water partition coefficient (Wildman–Crippen LogP) is -0.0464. The lowest BCUT2D eigenvalue weighted by atomic mass is 10.2. The van der Waals surface area contributed by atoms with Crippen molar-refractivity contribution in [3.8, 4) is 0 Å². The molecule has 0 spiro atoms. The van der Waals surface area contributed by atoms with Crippen LogP contribution in [0.5, 0.6) is 0 Å². The average molecular weight is 321 g/mol. The van der Waals surface area contributed by atoms with Gasteiger partial charge in [0.05, 0.1) is 11.5 Å². The van der Waals surface area contributed by atoms with E-state index in [0.29, 0.717) is 12.1 Å². The summed E-state index contributed by atoms with van der Waals surface area (Å²) in [5, 5.41) is 0. The van der Waals surface area contributed by atoms with Crippen LogP contribution >= 0.6 is 0 Å². The fourth-order valence-electron chi connectivity index (χ4n) is 2.61. The monoisotopic (exact) mass is 321 g/mol. The molecule has 0 bridgehead atoms. The molecule has 1 unspecified atom stereocenters. The Morgan fingerprint density at radius 3 is 2.86 bits per heavy atom. The van der Waals surface area contributed by atoms with E-state index in [4.69, 9.17) is 0 Å². The number of carbonyl (C=O) groups is 1. The smallest absolute Gasteiger partial charge is 0.270 e. The van der Waals surface area contributed by atoms with Crippen LogP contribution in [-0.4, -0.2) is 53.2 Å². The third-order valence-corrected chi connectivity index (χ3v) is 5.67. The Kier molecular flexibility index (Phi) is 3.48. The number of carbonyl (C=O) groups excluding carboxylic acids is 1. The number of nitrogens with zero attached hydrogens (tertiary/aromatic N) is 3. The van der Waals surface area contributed by atoms with Crippen molar-refractivity contribution >= 4 is 21.4 Å². The van der Waals surface area contributed by atoms with Crippen molar-refractivity contribution in [2.24, 2.45) is 0 Å². The van der Waals surface area contributed by atoms with Gasteiger partial charge in [-0.3, -0.25) is 14.0 Å². The van der Waals surface area contributed by atoms with Gasteiger partial charge in [-0.2, -0.15) is 0 Å². The summed E-state index contributed by atoms with van der Waals surface area (Å²) < 4.78 is 24.4. The van der Waals surface area contributed by atoms with Gasteiger partial charge in [0, 0.05) is 25.5 Å². The molecule has 0 aliphatic carbocycles. The number of pyridine rings is 1. The Morgan fingerprint density at radius 2 is 2.18 bits per heavy atom. The summed E-state index contributed by atoms with van der Waals surface area (Å²) in [6.45, 7) is 0. The molecule has 2 aromatic rings. The van der Waals surface area contributed by atoms with Crippen LogP contribution in [0, 0.1) is 0 Å². The molecular formula is C14H15N3O4S. The lowest BCUT2D eigenvalue weighted by Gasteiger charge is -2.23. The van der Waals surface area contributed by atoms with E-state index in [1.165, 1.54) is 22.5 Å². The first-order valence-electron chi connectivity index (χ1n) is 6.83. The van der Waals surface area contributed by atoms with E-state index >= 15 is 0 Å². The second kappa shape index (κ2) is 5.20. The second-order valence-corrected chi connectivity index (χ2v) is 7.61. The van der Waals surface area contributed by atoms with Gasteiger partial charge < -0.3 is 4.90 Å². The molecule has 22 heavy (non-hydrogen) atoms. The number of hydrogen-bond donors (Lipinski definition) is 0. The van der Waals surface area contributed by atoms with E-state index in [1.807, 2.05) is 0 Å². The number of sulfone groups is 1. The zero-order chi connectivity index (χ0) is 15.9. The molecule has 1 amide bonds. The predicted molar refractivity (Wildman–Crippen MR) is 80.6 cm³/mol. The van der Waals surface area contributed by atoms with Crippen molar-refractivity contribution < 1.29 is 13.2 Å². The van der Waals surface area contributed by atoms with Gasteiger partial charge in [-0.1, -0.05) is 6.07 Å². The number of amides is 1. The van der Waals surface area contributed by atoms with Gasteiger partial charge >= 0.3 is 0 Å². The molecular weight excluding hydrogens is 306 g/mol. The van der Waals surface area contributed by atoms with Crippen LogP contribution in [0.3, 0.4) is 0 Å². The van der Waals surface area contributed by atoms with Crippen LogP contribution in [-0.2, 0) is 9.84 Å². The molecule has 1 saturated heterocycles. The zero-order valence-electron chi connectivity index (χ0n) is 12.0. The first-order valence-corrected chi connectivity index (χ1v) is 8.65. The van der Waals surface area contributed by atoms with Gasteiger partial charge in [0.15, 0.2) is 9.84 Å². The summed E-state index contributed by atoms with van der Waals surface area (Å²) in [5.74, 6) is -0.486. The highest BCUT2D eigenvalue weighted by atomic mass is 32.2. The molecule has 2 aromatic heterocycles. The Balaban J connectivity index is 1.96. The Labute approximate surface area is 127 Å². The fourth-order valence-corrected chi connectivity index (χ4v) is 4.38. The molecule has 116 valence electrons. The van der Waals surface area contributed by atoms with Crippen LogP contribution in [0.1, 0.15) is 16.8 Å². The summed E-state index contributed by atoms with van der Waals surface area (Å²) in [6, 6.07) is 4.70. The van der Waals surface area contributed by atoms with E-state index in [9.17, 15) is 18.0 Å². The van der Waals surface area contributed by atoms with E-state index in [0.717, 1.165) is 0 Å². The van der Waals surface area contributed by atoms with Gasteiger partial charge in [0.1, 0.15) is 11.2 Å². The minimum absolute atomic E-state index is 0.0580. The molecule has 7 nitrogen and oxygen atoms in total. The standard InChI is InChI=1S/C14H15N3O4S/c1-16(10-5-7-22(20,21)9-10)13(18)11-8-15-12-4-2-3-6-17(12)14(11)19/h2-4,6,8,10H,5,7,9H2,1H3. The normalized spacial score (nSPS) is 20.1. The van der Waals surface area contributed by atoms with E-state index < -0.39 is 27.3 Å². The molecule has 0 saturated carbocycles. The molecule has 1 aliphatic heterocycles. The van der Waals surface area contributed by atoms with Crippen molar-refractivity contribution in [3.63, 3.8) is 0 Å². The minimum Gasteiger partial charge on any atom is -0.337 e. The molecule has 1 atom stereocenters. The topological polar surface area (TPSA) is 88.8 Å². The summed E-state index contributed by atoms with van der Waals surface area (Å²) in [5.41, 5.74) is -0.0612. The molecule has 0 N–H and O–H groups in total. The lowest BCUT2D eigenvalue weighted by molar-refractivity contribution is 0.0745. The van der Waals surface area contributed by atoms with Gasteiger partial charge in [0.25, 0.3) is 11.5 Å². The average Bonchev–Trinajstić information content (AvgIpc) is 2.87. The van der Waals surface area contributed by atoms with Gasteiger partial charge in [-0.05, 0) is 18.6 Å². The number of aromatic nitrogens is 2. The SMILES string of the molecule is CN(C(=O)c1cnc2ccccn2c1=O)C1CCS(=O)(=O)C1. The molecule has 8 heteroatoms. The second-order valence-electron chi connectivity index (χ2n) is 5.38. The van der Waals surface area contributed by atoms with Gasteiger partial charge in [-0.25, -0.2) is 13.4 Å². The molecule has 1 fully saturated rings. The first-order chi connectivity index (χ1) is 10.4. The van der Waals surface area contributed by atoms with Crippen LogP contribution in [0.2, 0.25) is 0 Å². The molecule has 1 aliphatic rings. The highest BCUT2D eigenvalue weighted by molar-refractivity contribution is 7.91. The van der Waals surface area contributed by atoms with E-state index in [2.05, 4.69) is 4.98 Å². The van der Waals surface area contributed by atoms with Crippen LogP contribution < -0.4 is 5.56 Å². The maximum atomic E-state index is 12.5. The summed E-state index contributed by atoms with van der Waals surface area (Å²) in [6.07, 6.45) is 3.19. The maximum absolute atomic E-state index is 12.5. The highest BCUT2D eigenvalue weighted by Crippen LogP contribution is 2.17. The number of rotatable bonds is 2. The number of hydrogen-bond acceptors (Lipinski definition) is 5. The highest BCUT2D eigenvalue weighted by Gasteiger charge is 2.33. The Bertz CT molecular complexity index is 904. The fraction of sp³-hybridized carbons (Fsp3) is 0.357. The van der Waals surface area contributed by atoms with Crippen LogP contribution in [0.15, 0.2) is 35.4 Å². The van der Waals surface area contributed by atoms with Crippen molar-refractivity contribution in [1.29, 1.82) is 0 Å². The molecule has 0 radical (unpaired) electrons. The van der Waals surface area contributed by atoms with Crippen LogP contribution in [0.25, 0.3) is 5.65 Å². The van der Waals surface area contributed by atoms with Crippen LogP contribution in [0.4, 0.5) is 0 Å². The number of fused-ring (bicyclic) bond motifs is 1. The van der Waals surface area contributed by atoms with Crippen molar-refractivity contribution in [1.82, 2.24) is 14.3 Å². The largest absolute Gasteiger partial charge is 0.337 e. The molecule has 0 aromatic carbocycles. The third-order valence-electron chi connectivity index (χ3n) is 3.92. The Hall–Kier alpha value is -2.22. The Morgan fingerprint density at radius 1 is 1.41 bits per heavy atom. The van der Waals surface area contributed by atoms with Crippen molar-refractivity contribution in [3.05, 3.63) is 46.5 Å². The lowest BCUT2D eigenvalue weighted by Crippen LogP contribution is -2.40. The third kappa shape index (κ3) is 2.50. The van der Waals surface area contributed by atoms with Crippen molar-refractivity contribution in [2.45, 2.75) is 12.5 Å². The molecule has 3 rings (SSSR count). The first kappa shape index (κ1) is 14.7. The van der Waals surface area contributed by atoms with Gasteiger partial charge in [0.2, 0.25) is 0 Å². The van der Waals surface area contributed by atoms with Gasteiger partial charge in [-0.15, -0.1) is 0 Å². The van der Waals surface area contributed by atoms with E-state index in [1.54, 1.807) is 24.4 Å². The maximum Gasteiger partial charge on any atom is 0.270 e. The summed E-state index contributed by atoms with van der Waals surface area (Å²) in [4.78, 5) is 30.3. The zero-order valence-corrected chi connectivity index (χ0v) is 12.8. The summed E-state index contributed by atoms with van der Waals surface area (Å²) >= 11 is 0.